The maximum absolute atomic E-state index is 13.7. The van der Waals surface area contributed by atoms with Crippen molar-refractivity contribution in [2.45, 2.75) is 89.8 Å². The molecule has 2 aromatic carbocycles. The first kappa shape index (κ1) is 29.2. The van der Waals surface area contributed by atoms with E-state index in [1.807, 2.05) is 60.7 Å². The molecule has 0 saturated heterocycles. The molecule has 0 aromatic heterocycles. The molecule has 38 heavy (non-hydrogen) atoms. The molecule has 206 valence electrons. The Labute approximate surface area is 227 Å². The van der Waals surface area contributed by atoms with Gasteiger partial charge in [-0.3, -0.25) is 9.59 Å². The van der Waals surface area contributed by atoms with E-state index in [9.17, 15) is 14.4 Å². The van der Waals surface area contributed by atoms with Gasteiger partial charge in [-0.2, -0.15) is 0 Å². The van der Waals surface area contributed by atoms with E-state index in [-0.39, 0.29) is 12.3 Å². The highest BCUT2D eigenvalue weighted by molar-refractivity contribution is 5.94. The highest BCUT2D eigenvalue weighted by Crippen LogP contribution is 2.27. The molecule has 2 atom stereocenters. The normalized spacial score (nSPS) is 16.2. The van der Waals surface area contributed by atoms with E-state index in [0.717, 1.165) is 17.5 Å². The van der Waals surface area contributed by atoms with E-state index in [0.29, 0.717) is 18.9 Å². The number of nitrogens with one attached hydrogen (secondary N) is 3. The average molecular weight is 522 g/mol. The third kappa shape index (κ3) is 9.51. The molecule has 3 amide bonds. The predicted octanol–water partition coefficient (Wildman–Crippen LogP) is 4.94. The second-order valence-corrected chi connectivity index (χ2v) is 11.6. The van der Waals surface area contributed by atoms with Gasteiger partial charge in [0, 0.05) is 19.4 Å². The zero-order valence-electron chi connectivity index (χ0n) is 23.2. The van der Waals surface area contributed by atoms with Crippen LogP contribution in [0.3, 0.4) is 0 Å². The summed E-state index contributed by atoms with van der Waals surface area (Å²) in [4.78, 5) is 39.8. The maximum atomic E-state index is 13.7. The van der Waals surface area contributed by atoms with Crippen molar-refractivity contribution in [3.8, 4) is 0 Å². The summed E-state index contributed by atoms with van der Waals surface area (Å²) in [5, 5.41) is 8.78. The van der Waals surface area contributed by atoms with Gasteiger partial charge >= 0.3 is 6.09 Å². The molecule has 1 saturated carbocycles. The number of ether oxygens (including phenoxy) is 1. The van der Waals surface area contributed by atoms with Crippen LogP contribution in [0.1, 0.15) is 70.9 Å². The fraction of sp³-hybridized carbons (Fsp3) is 0.516. The highest BCUT2D eigenvalue weighted by atomic mass is 16.6. The van der Waals surface area contributed by atoms with Crippen LogP contribution in [-0.4, -0.2) is 41.6 Å². The van der Waals surface area contributed by atoms with Crippen LogP contribution in [0.15, 0.2) is 60.7 Å². The van der Waals surface area contributed by atoms with Gasteiger partial charge in [0.1, 0.15) is 17.2 Å². The number of hydrogen-bond donors (Lipinski definition) is 3. The molecule has 7 nitrogen and oxygen atoms in total. The maximum Gasteiger partial charge on any atom is 0.408 e. The van der Waals surface area contributed by atoms with Crippen LogP contribution < -0.4 is 16.0 Å². The van der Waals surface area contributed by atoms with Crippen LogP contribution in [0.2, 0.25) is 0 Å². The Bertz CT molecular complexity index is 1050. The zero-order chi connectivity index (χ0) is 27.6. The van der Waals surface area contributed by atoms with Crippen LogP contribution in [0, 0.1) is 5.92 Å². The summed E-state index contributed by atoms with van der Waals surface area (Å²) >= 11 is 0. The summed E-state index contributed by atoms with van der Waals surface area (Å²) in [7, 11) is 0. The molecule has 0 aliphatic heterocycles. The lowest BCUT2D eigenvalue weighted by Crippen LogP contribution is -2.62. The monoisotopic (exact) mass is 521 g/mol. The molecule has 0 radical (unpaired) electrons. The largest absolute Gasteiger partial charge is 0.444 e. The average Bonchev–Trinajstić information content (AvgIpc) is 3.37. The fourth-order valence-electron chi connectivity index (χ4n) is 4.94. The van der Waals surface area contributed by atoms with Crippen LogP contribution in [0.25, 0.3) is 0 Å². The van der Waals surface area contributed by atoms with Crippen molar-refractivity contribution >= 4 is 17.9 Å². The number of benzene rings is 2. The predicted molar refractivity (Wildman–Crippen MR) is 150 cm³/mol. The molecule has 1 aliphatic rings. The lowest BCUT2D eigenvalue weighted by atomic mass is 9.90. The van der Waals surface area contributed by atoms with Crippen molar-refractivity contribution in [2.75, 3.05) is 6.54 Å². The van der Waals surface area contributed by atoms with E-state index in [1.54, 1.807) is 27.7 Å². The SMILES string of the molecule is CC(C)(C)OC(=O)N[C@@H](Cc1ccccc1)C(=O)NC(C)(Cc1ccccc1)C(=O)NCCC1CCCC1. The van der Waals surface area contributed by atoms with Gasteiger partial charge in [0.2, 0.25) is 11.8 Å². The molecule has 1 aliphatic carbocycles. The van der Waals surface area contributed by atoms with Gasteiger partial charge in [0.15, 0.2) is 0 Å². The van der Waals surface area contributed by atoms with Crippen molar-refractivity contribution in [3.63, 3.8) is 0 Å². The van der Waals surface area contributed by atoms with Gasteiger partial charge in [0.25, 0.3) is 0 Å². The summed E-state index contributed by atoms with van der Waals surface area (Å²) in [6.07, 6.45) is 5.78. The summed E-state index contributed by atoms with van der Waals surface area (Å²) in [6.45, 7) is 7.63. The Morgan fingerprint density at radius 2 is 1.47 bits per heavy atom. The second kappa shape index (κ2) is 13.4. The molecule has 1 unspecified atom stereocenters. The molecule has 1 fully saturated rings. The Kier molecular flexibility index (Phi) is 10.3. The fourth-order valence-corrected chi connectivity index (χ4v) is 4.94. The van der Waals surface area contributed by atoms with Gasteiger partial charge in [-0.15, -0.1) is 0 Å². The minimum Gasteiger partial charge on any atom is -0.444 e. The zero-order valence-corrected chi connectivity index (χ0v) is 23.2. The molecule has 3 N–H and O–H groups in total. The Morgan fingerprint density at radius 1 is 0.895 bits per heavy atom. The standard InChI is InChI=1S/C31H43N3O4/c1-30(2,3)38-29(37)33-26(21-24-15-7-5-8-16-24)27(35)34-31(4,22-25-17-9-6-10-18-25)28(36)32-20-19-23-13-11-12-14-23/h5-10,15-18,23,26H,11-14,19-22H2,1-4H3,(H,32,36)(H,33,37)(H,34,35)/t26-,31?/m0/s1. The molecule has 0 heterocycles. The van der Waals surface area contributed by atoms with E-state index in [4.69, 9.17) is 4.74 Å². The Morgan fingerprint density at radius 3 is 2.05 bits per heavy atom. The van der Waals surface area contributed by atoms with Crippen LogP contribution in [0.5, 0.6) is 0 Å². The van der Waals surface area contributed by atoms with Crippen LogP contribution >= 0.6 is 0 Å². The number of amides is 3. The second-order valence-electron chi connectivity index (χ2n) is 11.6. The smallest absolute Gasteiger partial charge is 0.408 e. The number of carbonyl (C=O) groups excluding carboxylic acids is 3. The van der Waals surface area contributed by atoms with E-state index in [2.05, 4.69) is 16.0 Å². The summed E-state index contributed by atoms with van der Waals surface area (Å²) in [5.74, 6) is -0.0222. The van der Waals surface area contributed by atoms with E-state index < -0.39 is 29.2 Å². The lowest BCUT2D eigenvalue weighted by Gasteiger charge is -2.32. The van der Waals surface area contributed by atoms with Crippen LogP contribution in [0.4, 0.5) is 4.79 Å². The van der Waals surface area contributed by atoms with Crippen molar-refractivity contribution in [2.24, 2.45) is 5.92 Å². The molecule has 0 spiro atoms. The van der Waals surface area contributed by atoms with Gasteiger partial charge in [-0.25, -0.2) is 4.79 Å². The topological polar surface area (TPSA) is 96.5 Å². The lowest BCUT2D eigenvalue weighted by molar-refractivity contribution is -0.133. The molecule has 3 rings (SSSR count). The summed E-state index contributed by atoms with van der Waals surface area (Å²) < 4.78 is 5.42. The van der Waals surface area contributed by atoms with Crippen LogP contribution in [-0.2, 0) is 27.2 Å². The first-order valence-corrected chi connectivity index (χ1v) is 13.7. The van der Waals surface area contributed by atoms with E-state index >= 15 is 0 Å². The molecule has 2 aromatic rings. The Balaban J connectivity index is 1.77. The summed E-state index contributed by atoms with van der Waals surface area (Å²) in [6, 6.07) is 18.2. The van der Waals surface area contributed by atoms with Crippen molar-refractivity contribution in [1.29, 1.82) is 0 Å². The Hall–Kier alpha value is -3.35. The van der Waals surface area contributed by atoms with Gasteiger partial charge in [0.05, 0.1) is 0 Å². The summed E-state index contributed by atoms with van der Waals surface area (Å²) in [5.41, 5.74) is -0.104. The quantitative estimate of drug-likeness (QED) is 0.390. The van der Waals surface area contributed by atoms with Crippen molar-refractivity contribution < 1.29 is 19.1 Å². The van der Waals surface area contributed by atoms with Crippen molar-refractivity contribution in [1.82, 2.24) is 16.0 Å². The first-order chi connectivity index (χ1) is 18.0. The number of carbonyl (C=O) groups is 3. The first-order valence-electron chi connectivity index (χ1n) is 13.7. The molecule has 0 bridgehead atoms. The molecular formula is C31H43N3O4. The minimum atomic E-state index is -1.21. The van der Waals surface area contributed by atoms with Gasteiger partial charge in [-0.05, 0) is 51.2 Å². The van der Waals surface area contributed by atoms with Gasteiger partial charge in [-0.1, -0.05) is 86.3 Å². The third-order valence-electron chi connectivity index (χ3n) is 6.90. The third-order valence-corrected chi connectivity index (χ3v) is 6.90. The molecular weight excluding hydrogens is 478 g/mol. The highest BCUT2D eigenvalue weighted by Gasteiger charge is 2.37. The van der Waals surface area contributed by atoms with Crippen molar-refractivity contribution in [3.05, 3.63) is 71.8 Å². The number of hydrogen-bond acceptors (Lipinski definition) is 4. The van der Waals surface area contributed by atoms with Gasteiger partial charge < -0.3 is 20.7 Å². The number of rotatable bonds is 11. The molecule has 7 heteroatoms. The van der Waals surface area contributed by atoms with E-state index in [1.165, 1.54) is 25.7 Å². The minimum absolute atomic E-state index is 0.233. The number of alkyl carbamates (subject to hydrolysis) is 1.